The first kappa shape index (κ1) is 28.4. The Morgan fingerprint density at radius 1 is 0.552 bits per heavy atom. The van der Waals surface area contributed by atoms with Gasteiger partial charge in [-0.25, -0.2) is 0 Å². The van der Waals surface area contributed by atoms with Gasteiger partial charge in [0.15, 0.2) is 0 Å². The molecule has 0 aliphatic heterocycles. The van der Waals surface area contributed by atoms with E-state index in [1.54, 1.807) is 0 Å². The van der Waals surface area contributed by atoms with Gasteiger partial charge in [0.25, 0.3) is 0 Å². The van der Waals surface area contributed by atoms with E-state index in [1.165, 1.54) is 96.3 Å². The highest BCUT2D eigenvalue weighted by atomic mass is 16.5. The molecule has 3 nitrogen and oxygen atoms in total. The maximum atomic E-state index is 11.7. The van der Waals surface area contributed by atoms with Crippen molar-refractivity contribution in [2.45, 2.75) is 148 Å². The van der Waals surface area contributed by atoms with Crippen LogP contribution in [0.25, 0.3) is 0 Å². The van der Waals surface area contributed by atoms with Crippen LogP contribution >= 0.6 is 0 Å². The van der Waals surface area contributed by atoms with Crippen LogP contribution in [0, 0.1) is 0 Å². The molecule has 0 bridgehead atoms. The summed E-state index contributed by atoms with van der Waals surface area (Å²) in [6.07, 6.45) is 27.3. The molecular formula is C26H52O3. The number of aliphatic hydroxyl groups excluding tert-OH is 1. The lowest BCUT2D eigenvalue weighted by molar-refractivity contribution is -0.143. The largest absolute Gasteiger partial charge is 0.466 e. The number of rotatable bonds is 24. The van der Waals surface area contributed by atoms with Gasteiger partial charge in [-0.1, -0.05) is 122 Å². The molecule has 29 heavy (non-hydrogen) atoms. The van der Waals surface area contributed by atoms with Gasteiger partial charge < -0.3 is 9.84 Å². The van der Waals surface area contributed by atoms with Crippen molar-refractivity contribution < 1.29 is 14.6 Å². The Labute approximate surface area is 182 Å². The van der Waals surface area contributed by atoms with Crippen LogP contribution < -0.4 is 0 Å². The lowest BCUT2D eigenvalue weighted by Gasteiger charge is -2.05. The van der Waals surface area contributed by atoms with E-state index in [9.17, 15) is 4.79 Å². The van der Waals surface area contributed by atoms with Crippen LogP contribution in [0.1, 0.15) is 148 Å². The fraction of sp³-hybridized carbons (Fsp3) is 0.962. The molecule has 0 rings (SSSR count). The molecule has 0 radical (unpaired) electrons. The van der Waals surface area contributed by atoms with Gasteiger partial charge in [0.1, 0.15) is 0 Å². The average Bonchev–Trinajstić information content (AvgIpc) is 2.72. The quantitative estimate of drug-likeness (QED) is 0.129. The molecular weight excluding hydrogens is 360 g/mol. The molecule has 0 spiro atoms. The van der Waals surface area contributed by atoms with E-state index >= 15 is 0 Å². The summed E-state index contributed by atoms with van der Waals surface area (Å²) in [4.78, 5) is 11.7. The monoisotopic (exact) mass is 412 g/mol. The normalized spacial score (nSPS) is 11.1. The molecule has 0 aliphatic rings. The smallest absolute Gasteiger partial charge is 0.305 e. The van der Waals surface area contributed by atoms with Gasteiger partial charge in [-0.3, -0.25) is 4.79 Å². The molecule has 0 heterocycles. The van der Waals surface area contributed by atoms with Crippen molar-refractivity contribution in [2.75, 3.05) is 13.2 Å². The van der Waals surface area contributed by atoms with E-state index in [2.05, 4.69) is 6.92 Å². The number of hydrogen-bond acceptors (Lipinski definition) is 3. The van der Waals surface area contributed by atoms with Gasteiger partial charge >= 0.3 is 5.97 Å². The van der Waals surface area contributed by atoms with E-state index in [-0.39, 0.29) is 5.97 Å². The third-order valence-electron chi connectivity index (χ3n) is 5.80. The second-order valence-corrected chi connectivity index (χ2v) is 8.77. The van der Waals surface area contributed by atoms with E-state index < -0.39 is 0 Å². The number of carbonyl (C=O) groups is 1. The summed E-state index contributed by atoms with van der Waals surface area (Å²) in [5, 5.41) is 8.72. The van der Waals surface area contributed by atoms with E-state index in [0.29, 0.717) is 19.6 Å². The topological polar surface area (TPSA) is 46.5 Å². The summed E-state index contributed by atoms with van der Waals surface area (Å²) in [6, 6.07) is 0. The van der Waals surface area contributed by atoms with Crippen molar-refractivity contribution in [3.05, 3.63) is 0 Å². The van der Waals surface area contributed by atoms with E-state index in [0.717, 1.165) is 38.5 Å². The Morgan fingerprint density at radius 3 is 1.38 bits per heavy atom. The lowest BCUT2D eigenvalue weighted by Crippen LogP contribution is -2.05. The van der Waals surface area contributed by atoms with Gasteiger partial charge in [0, 0.05) is 13.0 Å². The van der Waals surface area contributed by atoms with Crippen molar-refractivity contribution in [2.24, 2.45) is 0 Å². The van der Waals surface area contributed by atoms with E-state index in [1.807, 2.05) is 0 Å². The number of unbranched alkanes of at least 4 members (excludes halogenated alkanes) is 19. The van der Waals surface area contributed by atoms with Crippen molar-refractivity contribution in [3.63, 3.8) is 0 Å². The second kappa shape index (κ2) is 25.5. The van der Waals surface area contributed by atoms with Gasteiger partial charge in [0.2, 0.25) is 0 Å². The minimum Gasteiger partial charge on any atom is -0.466 e. The summed E-state index contributed by atoms with van der Waals surface area (Å²) < 4.78 is 5.31. The summed E-state index contributed by atoms with van der Waals surface area (Å²) >= 11 is 0. The van der Waals surface area contributed by atoms with Crippen molar-refractivity contribution in [1.82, 2.24) is 0 Å². The Hall–Kier alpha value is -0.570. The predicted molar refractivity (Wildman–Crippen MR) is 125 cm³/mol. The van der Waals surface area contributed by atoms with Crippen molar-refractivity contribution in [3.8, 4) is 0 Å². The highest BCUT2D eigenvalue weighted by Gasteiger charge is 2.02. The highest BCUT2D eigenvalue weighted by Crippen LogP contribution is 2.14. The predicted octanol–water partition coefficient (Wildman–Crippen LogP) is 8.12. The SMILES string of the molecule is CCCCCCCCCCCCCCCCCC(=O)OCCCCCCCCO. The summed E-state index contributed by atoms with van der Waals surface area (Å²) in [5.74, 6) is -0.0139. The van der Waals surface area contributed by atoms with Crippen LogP contribution in [0.3, 0.4) is 0 Å². The summed E-state index contributed by atoms with van der Waals surface area (Å²) in [6.45, 7) is 3.16. The minimum absolute atomic E-state index is 0.0139. The molecule has 0 saturated carbocycles. The molecule has 0 aromatic carbocycles. The number of esters is 1. The molecule has 0 atom stereocenters. The molecule has 0 amide bonds. The summed E-state index contributed by atoms with van der Waals surface area (Å²) in [7, 11) is 0. The third kappa shape index (κ3) is 25.4. The number of aliphatic hydroxyl groups is 1. The zero-order valence-corrected chi connectivity index (χ0v) is 19.7. The summed E-state index contributed by atoms with van der Waals surface area (Å²) in [5.41, 5.74) is 0. The van der Waals surface area contributed by atoms with Gasteiger partial charge in [0.05, 0.1) is 6.61 Å². The van der Waals surface area contributed by atoms with Crippen LogP contribution in [-0.4, -0.2) is 24.3 Å². The maximum Gasteiger partial charge on any atom is 0.305 e. The molecule has 174 valence electrons. The zero-order valence-electron chi connectivity index (χ0n) is 19.7. The van der Waals surface area contributed by atoms with Crippen LogP contribution in [0.4, 0.5) is 0 Å². The van der Waals surface area contributed by atoms with Crippen LogP contribution in [0.2, 0.25) is 0 Å². The van der Waals surface area contributed by atoms with Gasteiger partial charge in [-0.05, 0) is 19.3 Å². The molecule has 3 heteroatoms. The molecule has 1 N–H and O–H groups in total. The Bertz CT molecular complexity index is 317. The third-order valence-corrected chi connectivity index (χ3v) is 5.80. The Kier molecular flexibility index (Phi) is 25.0. The maximum absolute atomic E-state index is 11.7. The molecule has 0 saturated heterocycles. The molecule has 0 fully saturated rings. The van der Waals surface area contributed by atoms with Gasteiger partial charge in [-0.2, -0.15) is 0 Å². The van der Waals surface area contributed by atoms with Crippen LogP contribution in [0.15, 0.2) is 0 Å². The molecule has 0 aromatic rings. The standard InChI is InChI=1S/C26H52O3/c1-2-3-4-5-6-7-8-9-10-11-12-13-14-17-20-23-26(28)29-25-22-19-16-15-18-21-24-27/h27H,2-25H2,1H3. The number of carbonyl (C=O) groups excluding carboxylic acids is 1. The number of ether oxygens (including phenoxy) is 1. The average molecular weight is 413 g/mol. The first-order valence-electron chi connectivity index (χ1n) is 13.1. The lowest BCUT2D eigenvalue weighted by atomic mass is 10.0. The zero-order chi connectivity index (χ0) is 21.3. The fourth-order valence-corrected chi connectivity index (χ4v) is 3.82. The Balaban J connectivity index is 3.12. The molecule has 0 aromatic heterocycles. The van der Waals surface area contributed by atoms with E-state index in [4.69, 9.17) is 9.84 Å². The van der Waals surface area contributed by atoms with Gasteiger partial charge in [-0.15, -0.1) is 0 Å². The second-order valence-electron chi connectivity index (χ2n) is 8.77. The van der Waals surface area contributed by atoms with Crippen molar-refractivity contribution >= 4 is 5.97 Å². The van der Waals surface area contributed by atoms with Crippen LogP contribution in [-0.2, 0) is 9.53 Å². The number of hydrogen-bond donors (Lipinski definition) is 1. The fourth-order valence-electron chi connectivity index (χ4n) is 3.82. The molecule has 0 unspecified atom stereocenters. The van der Waals surface area contributed by atoms with Crippen LogP contribution in [0.5, 0.6) is 0 Å². The first-order valence-corrected chi connectivity index (χ1v) is 13.1. The molecule has 0 aliphatic carbocycles. The highest BCUT2D eigenvalue weighted by molar-refractivity contribution is 5.69. The minimum atomic E-state index is -0.0139. The van der Waals surface area contributed by atoms with Crippen molar-refractivity contribution in [1.29, 1.82) is 0 Å². The first-order chi connectivity index (χ1) is 14.3. The Morgan fingerprint density at radius 2 is 0.931 bits per heavy atom.